The average Bonchev–Trinajstić information content (AvgIpc) is 2.84. The van der Waals surface area contributed by atoms with Crippen LogP contribution < -0.4 is 11.2 Å². The summed E-state index contributed by atoms with van der Waals surface area (Å²) in [5.74, 6) is 0. The predicted octanol–water partition coefficient (Wildman–Crippen LogP) is 3.37. The summed E-state index contributed by atoms with van der Waals surface area (Å²) < 4.78 is 5.96. The summed E-state index contributed by atoms with van der Waals surface area (Å²) in [6, 6.07) is 10.1. The van der Waals surface area contributed by atoms with Gasteiger partial charge in [0.05, 0.1) is 6.21 Å². The number of thiocarbonyl (C=S) groups is 1. The molecule has 0 fully saturated rings. The van der Waals surface area contributed by atoms with E-state index < -0.39 is 0 Å². The van der Waals surface area contributed by atoms with Gasteiger partial charge in [0.1, 0.15) is 11.2 Å². The van der Waals surface area contributed by atoms with E-state index in [0.29, 0.717) is 0 Å². The molecule has 21 heavy (non-hydrogen) atoms. The third kappa shape index (κ3) is 2.36. The number of rotatable bonds is 2. The van der Waals surface area contributed by atoms with E-state index in [1.807, 2.05) is 31.2 Å². The number of furan rings is 1. The van der Waals surface area contributed by atoms with Crippen molar-refractivity contribution in [3.8, 4) is 0 Å². The van der Waals surface area contributed by atoms with E-state index in [0.717, 1.165) is 38.6 Å². The van der Waals surface area contributed by atoms with Crippen LogP contribution in [0.1, 0.15) is 16.7 Å². The van der Waals surface area contributed by atoms with Crippen molar-refractivity contribution < 1.29 is 4.42 Å². The molecular weight excluding hydrogens is 282 g/mol. The molecule has 0 unspecified atom stereocenters. The largest absolute Gasteiger partial charge is 0.456 e. The molecule has 2 aromatic carbocycles. The zero-order valence-electron chi connectivity index (χ0n) is 11.8. The molecule has 0 atom stereocenters. The van der Waals surface area contributed by atoms with Gasteiger partial charge in [0.25, 0.3) is 0 Å². The minimum atomic E-state index is 0.149. The van der Waals surface area contributed by atoms with Gasteiger partial charge in [-0.3, -0.25) is 5.43 Å². The number of nitrogens with one attached hydrogen (secondary N) is 1. The molecule has 0 aliphatic heterocycles. The van der Waals surface area contributed by atoms with Crippen molar-refractivity contribution in [2.24, 2.45) is 10.8 Å². The van der Waals surface area contributed by atoms with Crippen molar-refractivity contribution in [1.82, 2.24) is 5.43 Å². The Morgan fingerprint density at radius 2 is 2.10 bits per heavy atom. The highest BCUT2D eigenvalue weighted by molar-refractivity contribution is 7.80. The lowest BCUT2D eigenvalue weighted by molar-refractivity contribution is 0.665. The number of nitrogens with zero attached hydrogens (tertiary/aromatic N) is 1. The number of para-hydroxylation sites is 1. The normalized spacial score (nSPS) is 11.5. The fourth-order valence-corrected chi connectivity index (χ4v) is 2.60. The maximum atomic E-state index is 5.96. The lowest BCUT2D eigenvalue weighted by Crippen LogP contribution is -2.24. The maximum absolute atomic E-state index is 5.96. The van der Waals surface area contributed by atoms with Crippen molar-refractivity contribution in [3.05, 3.63) is 47.0 Å². The Labute approximate surface area is 127 Å². The van der Waals surface area contributed by atoms with E-state index in [1.165, 1.54) is 0 Å². The lowest BCUT2D eigenvalue weighted by Gasteiger charge is -2.05. The number of benzene rings is 2. The Kier molecular flexibility index (Phi) is 3.35. The molecule has 0 bridgehead atoms. The van der Waals surface area contributed by atoms with Gasteiger partial charge >= 0.3 is 0 Å². The standard InChI is InChI=1S/C16H15N3OS/c1-9-7-11(8-18-19-16(17)21)10(2)14-12-5-3-4-6-13(12)20-15(9)14/h3-8H,1-2H3,(H3,17,19,21). The van der Waals surface area contributed by atoms with Crippen LogP contribution in [0.3, 0.4) is 0 Å². The van der Waals surface area contributed by atoms with Gasteiger partial charge in [0, 0.05) is 10.8 Å². The highest BCUT2D eigenvalue weighted by Crippen LogP contribution is 2.34. The van der Waals surface area contributed by atoms with E-state index in [-0.39, 0.29) is 5.11 Å². The van der Waals surface area contributed by atoms with Crippen LogP contribution in [0.5, 0.6) is 0 Å². The summed E-state index contributed by atoms with van der Waals surface area (Å²) in [7, 11) is 0. The van der Waals surface area contributed by atoms with E-state index >= 15 is 0 Å². The summed E-state index contributed by atoms with van der Waals surface area (Å²) >= 11 is 4.73. The molecule has 0 aliphatic rings. The fourth-order valence-electron chi connectivity index (χ4n) is 2.55. The van der Waals surface area contributed by atoms with Crippen LogP contribution in [-0.2, 0) is 0 Å². The first-order chi connectivity index (χ1) is 10.1. The summed E-state index contributed by atoms with van der Waals surface area (Å²) in [6.45, 7) is 4.09. The number of aryl methyl sites for hydroxylation is 2. The van der Waals surface area contributed by atoms with Crippen molar-refractivity contribution >= 4 is 45.5 Å². The van der Waals surface area contributed by atoms with Gasteiger partial charge in [0.2, 0.25) is 0 Å². The topological polar surface area (TPSA) is 63.5 Å². The molecule has 3 rings (SSSR count). The number of hydrazone groups is 1. The molecule has 5 heteroatoms. The second-order valence-electron chi connectivity index (χ2n) is 4.94. The Hall–Kier alpha value is -2.40. The highest BCUT2D eigenvalue weighted by Gasteiger charge is 2.13. The molecule has 0 radical (unpaired) electrons. The van der Waals surface area contributed by atoms with Crippen molar-refractivity contribution in [2.45, 2.75) is 13.8 Å². The number of hydrogen-bond donors (Lipinski definition) is 2. The van der Waals surface area contributed by atoms with Gasteiger partial charge in [-0.2, -0.15) is 5.10 Å². The van der Waals surface area contributed by atoms with Gasteiger partial charge < -0.3 is 10.2 Å². The molecule has 106 valence electrons. The van der Waals surface area contributed by atoms with Crippen molar-refractivity contribution in [2.75, 3.05) is 0 Å². The van der Waals surface area contributed by atoms with Gasteiger partial charge in [0.15, 0.2) is 5.11 Å². The SMILES string of the molecule is Cc1cc(C=NNC(N)=S)c(C)c2c1oc1ccccc12. The molecule has 1 aromatic heterocycles. The number of fused-ring (bicyclic) bond motifs is 3. The second-order valence-corrected chi connectivity index (χ2v) is 5.38. The average molecular weight is 297 g/mol. The van der Waals surface area contributed by atoms with Crippen molar-refractivity contribution in [3.63, 3.8) is 0 Å². The molecular formula is C16H15N3OS. The molecule has 3 aromatic rings. The summed E-state index contributed by atoms with van der Waals surface area (Å²) in [5.41, 5.74) is 13.0. The first-order valence-corrected chi connectivity index (χ1v) is 6.98. The number of hydrogen-bond acceptors (Lipinski definition) is 3. The van der Waals surface area contributed by atoms with Gasteiger partial charge in [-0.25, -0.2) is 0 Å². The number of nitrogens with two attached hydrogens (primary N) is 1. The first-order valence-electron chi connectivity index (χ1n) is 6.58. The molecule has 0 saturated carbocycles. The van der Waals surface area contributed by atoms with Crippen molar-refractivity contribution in [1.29, 1.82) is 0 Å². The van der Waals surface area contributed by atoms with Crippen LogP contribution in [0.25, 0.3) is 21.9 Å². The third-order valence-electron chi connectivity index (χ3n) is 3.51. The third-order valence-corrected chi connectivity index (χ3v) is 3.60. The zero-order valence-corrected chi connectivity index (χ0v) is 12.6. The van der Waals surface area contributed by atoms with Gasteiger partial charge in [-0.05, 0) is 54.9 Å². The Morgan fingerprint density at radius 1 is 1.33 bits per heavy atom. The van der Waals surface area contributed by atoms with Crippen LogP contribution in [0.15, 0.2) is 39.9 Å². The lowest BCUT2D eigenvalue weighted by atomic mass is 9.99. The molecule has 1 heterocycles. The first kappa shape index (κ1) is 13.6. The molecule has 0 saturated heterocycles. The summed E-state index contributed by atoms with van der Waals surface area (Å²) in [5, 5.41) is 6.43. The fraction of sp³-hybridized carbons (Fsp3) is 0.125. The van der Waals surface area contributed by atoms with Gasteiger partial charge in [-0.1, -0.05) is 18.2 Å². The Bertz CT molecular complexity index is 880. The highest BCUT2D eigenvalue weighted by atomic mass is 32.1. The van der Waals surface area contributed by atoms with Gasteiger partial charge in [-0.15, -0.1) is 0 Å². The van der Waals surface area contributed by atoms with Crippen LogP contribution in [0.2, 0.25) is 0 Å². The smallest absolute Gasteiger partial charge is 0.184 e. The molecule has 3 N–H and O–H groups in total. The zero-order chi connectivity index (χ0) is 15.0. The Morgan fingerprint density at radius 3 is 2.86 bits per heavy atom. The second kappa shape index (κ2) is 5.18. The maximum Gasteiger partial charge on any atom is 0.184 e. The Balaban J connectivity index is 2.24. The van der Waals surface area contributed by atoms with Crippen LogP contribution in [-0.4, -0.2) is 11.3 Å². The summed E-state index contributed by atoms with van der Waals surface area (Å²) in [4.78, 5) is 0. The monoisotopic (exact) mass is 297 g/mol. The molecule has 4 nitrogen and oxygen atoms in total. The molecule has 0 aliphatic carbocycles. The van der Waals surface area contributed by atoms with E-state index in [9.17, 15) is 0 Å². The van der Waals surface area contributed by atoms with E-state index in [1.54, 1.807) is 6.21 Å². The minimum absolute atomic E-state index is 0.149. The minimum Gasteiger partial charge on any atom is -0.456 e. The predicted molar refractivity (Wildman–Crippen MR) is 90.7 cm³/mol. The van der Waals surface area contributed by atoms with Crippen LogP contribution >= 0.6 is 12.2 Å². The van der Waals surface area contributed by atoms with E-state index in [4.69, 9.17) is 22.4 Å². The molecule has 0 amide bonds. The quantitative estimate of drug-likeness (QED) is 0.432. The summed E-state index contributed by atoms with van der Waals surface area (Å²) in [6.07, 6.45) is 1.72. The van der Waals surface area contributed by atoms with E-state index in [2.05, 4.69) is 23.5 Å². The van der Waals surface area contributed by atoms with Crippen LogP contribution in [0, 0.1) is 13.8 Å². The molecule has 0 spiro atoms. The van der Waals surface area contributed by atoms with Crippen LogP contribution in [0.4, 0.5) is 0 Å².